The van der Waals surface area contributed by atoms with Gasteiger partial charge in [0.1, 0.15) is 4.60 Å². The van der Waals surface area contributed by atoms with Crippen LogP contribution < -0.4 is 5.32 Å². The first kappa shape index (κ1) is 14.9. The summed E-state index contributed by atoms with van der Waals surface area (Å²) in [5, 5.41) is 2.55. The Morgan fingerprint density at radius 1 is 1.39 bits per heavy atom. The van der Waals surface area contributed by atoms with E-state index in [9.17, 15) is 18.0 Å². The first-order valence-corrected chi connectivity index (χ1v) is 6.15. The van der Waals surface area contributed by atoms with E-state index in [2.05, 4.69) is 26.2 Å². The molecule has 1 aromatic heterocycles. The highest BCUT2D eigenvalue weighted by molar-refractivity contribution is 9.10. The normalized spacial score (nSPS) is 11.3. The summed E-state index contributed by atoms with van der Waals surface area (Å²) in [4.78, 5) is 15.5. The van der Waals surface area contributed by atoms with E-state index in [1.54, 1.807) is 12.1 Å². The largest absolute Gasteiger partial charge is 0.389 e. The number of alkyl halides is 3. The Bertz CT molecular complexity index is 410. The van der Waals surface area contributed by atoms with Crippen LogP contribution in [0.3, 0.4) is 0 Å². The van der Waals surface area contributed by atoms with Crippen molar-refractivity contribution in [3.05, 3.63) is 28.5 Å². The third kappa shape index (κ3) is 5.48. The summed E-state index contributed by atoms with van der Waals surface area (Å²) in [5.41, 5.74) is 0.369. The van der Waals surface area contributed by atoms with Gasteiger partial charge in [0.2, 0.25) is 0 Å². The van der Waals surface area contributed by atoms with Crippen molar-refractivity contribution in [2.45, 2.75) is 25.4 Å². The summed E-state index contributed by atoms with van der Waals surface area (Å²) in [7, 11) is 0. The van der Waals surface area contributed by atoms with Crippen molar-refractivity contribution in [1.82, 2.24) is 10.3 Å². The van der Waals surface area contributed by atoms with E-state index >= 15 is 0 Å². The third-order valence-electron chi connectivity index (χ3n) is 2.18. The molecule has 0 saturated carbocycles. The summed E-state index contributed by atoms with van der Waals surface area (Å²) < 4.78 is 36.0. The Balaban J connectivity index is 2.28. The maximum Gasteiger partial charge on any atom is 0.389 e. The molecular weight excluding hydrogens is 313 g/mol. The Labute approximate surface area is 111 Å². The number of amides is 1. The highest BCUT2D eigenvalue weighted by atomic mass is 79.9. The molecule has 1 amide bonds. The minimum Gasteiger partial charge on any atom is -0.352 e. The molecular formula is C11H12BrF3N2O. The second kappa shape index (κ2) is 6.72. The van der Waals surface area contributed by atoms with Gasteiger partial charge in [0, 0.05) is 19.2 Å². The average molecular weight is 325 g/mol. The van der Waals surface area contributed by atoms with Gasteiger partial charge in [0.15, 0.2) is 0 Å². The van der Waals surface area contributed by atoms with Gasteiger partial charge in [-0.1, -0.05) is 0 Å². The molecule has 3 nitrogen and oxygen atoms in total. The number of unbranched alkanes of at least 4 members (excludes halogenated alkanes) is 1. The van der Waals surface area contributed by atoms with Crippen LogP contribution in [-0.2, 0) is 0 Å². The number of nitrogens with one attached hydrogen (secondary N) is 1. The fourth-order valence-electron chi connectivity index (χ4n) is 1.30. The number of pyridine rings is 1. The summed E-state index contributed by atoms with van der Waals surface area (Å²) in [6, 6.07) is 3.20. The topological polar surface area (TPSA) is 42.0 Å². The molecule has 0 aliphatic carbocycles. The fraction of sp³-hybridized carbons (Fsp3) is 0.455. The summed E-state index contributed by atoms with van der Waals surface area (Å²) in [6.07, 6.45) is -3.11. The van der Waals surface area contributed by atoms with Gasteiger partial charge in [-0.2, -0.15) is 13.2 Å². The van der Waals surface area contributed by atoms with Crippen molar-refractivity contribution in [1.29, 1.82) is 0 Å². The van der Waals surface area contributed by atoms with Crippen molar-refractivity contribution < 1.29 is 18.0 Å². The second-order valence-electron chi connectivity index (χ2n) is 3.67. The summed E-state index contributed by atoms with van der Waals surface area (Å²) in [6.45, 7) is 0.218. The molecule has 0 atom stereocenters. The number of carbonyl (C=O) groups excluding carboxylic acids is 1. The predicted octanol–water partition coefficient (Wildman–Crippen LogP) is 3.31. The van der Waals surface area contributed by atoms with E-state index in [0.717, 1.165) is 0 Å². The second-order valence-corrected chi connectivity index (χ2v) is 4.42. The summed E-state index contributed by atoms with van der Waals surface area (Å²) in [5.74, 6) is -0.345. The van der Waals surface area contributed by atoms with Crippen LogP contribution in [0.25, 0.3) is 0 Å². The minimum atomic E-state index is -4.13. The minimum absolute atomic E-state index is 0.0119. The Kier molecular flexibility index (Phi) is 5.58. The molecule has 1 N–H and O–H groups in total. The van der Waals surface area contributed by atoms with Crippen molar-refractivity contribution in [2.75, 3.05) is 6.54 Å². The number of rotatable bonds is 5. The number of carbonyl (C=O) groups is 1. The fourth-order valence-corrected chi connectivity index (χ4v) is 1.73. The molecule has 18 heavy (non-hydrogen) atoms. The molecule has 1 rings (SSSR count). The molecule has 0 radical (unpaired) electrons. The van der Waals surface area contributed by atoms with Gasteiger partial charge in [-0.3, -0.25) is 4.79 Å². The van der Waals surface area contributed by atoms with E-state index in [4.69, 9.17) is 0 Å². The smallest absolute Gasteiger partial charge is 0.352 e. The lowest BCUT2D eigenvalue weighted by atomic mass is 10.2. The van der Waals surface area contributed by atoms with Gasteiger partial charge in [0.05, 0.1) is 5.56 Å². The molecule has 7 heteroatoms. The number of aromatic nitrogens is 1. The number of nitrogens with zero attached hydrogens (tertiary/aromatic N) is 1. The predicted molar refractivity (Wildman–Crippen MR) is 64.2 cm³/mol. The molecule has 0 aliphatic rings. The molecule has 1 heterocycles. The average Bonchev–Trinajstić information content (AvgIpc) is 2.27. The molecule has 0 spiro atoms. The van der Waals surface area contributed by atoms with E-state index in [0.29, 0.717) is 16.6 Å². The highest BCUT2D eigenvalue weighted by Gasteiger charge is 2.25. The highest BCUT2D eigenvalue weighted by Crippen LogP contribution is 2.21. The van der Waals surface area contributed by atoms with Crippen LogP contribution in [0.2, 0.25) is 0 Å². The maximum absolute atomic E-state index is 11.9. The first-order chi connectivity index (χ1) is 8.40. The zero-order valence-corrected chi connectivity index (χ0v) is 11.0. The third-order valence-corrected chi connectivity index (χ3v) is 2.81. The number of halogens is 4. The lowest BCUT2D eigenvalue weighted by Gasteiger charge is -2.07. The van der Waals surface area contributed by atoms with Crippen molar-refractivity contribution in [3.63, 3.8) is 0 Å². The van der Waals surface area contributed by atoms with E-state index in [1.807, 2.05) is 0 Å². The lowest BCUT2D eigenvalue weighted by molar-refractivity contribution is -0.135. The quantitative estimate of drug-likeness (QED) is 0.667. The van der Waals surface area contributed by atoms with Crippen LogP contribution in [0.15, 0.2) is 22.9 Å². The Hall–Kier alpha value is -1.11. The standard InChI is InChI=1S/C11H12BrF3N2O/c12-9-8(4-3-7-16-9)10(18)17-6-2-1-5-11(13,14)15/h3-4,7H,1-2,5-6H2,(H,17,18). The van der Waals surface area contributed by atoms with E-state index in [-0.39, 0.29) is 18.9 Å². The van der Waals surface area contributed by atoms with Crippen molar-refractivity contribution >= 4 is 21.8 Å². The zero-order valence-electron chi connectivity index (χ0n) is 9.43. The lowest BCUT2D eigenvalue weighted by Crippen LogP contribution is -2.25. The van der Waals surface area contributed by atoms with Gasteiger partial charge < -0.3 is 5.32 Å². The molecule has 0 bridgehead atoms. The molecule has 1 aromatic rings. The molecule has 0 aromatic carbocycles. The maximum atomic E-state index is 11.9. The molecule has 0 unspecified atom stereocenters. The van der Waals surface area contributed by atoms with Crippen LogP contribution >= 0.6 is 15.9 Å². The van der Waals surface area contributed by atoms with Gasteiger partial charge in [-0.05, 0) is 40.9 Å². The van der Waals surface area contributed by atoms with Gasteiger partial charge in [-0.15, -0.1) is 0 Å². The van der Waals surface area contributed by atoms with E-state index < -0.39 is 12.6 Å². The number of hydrogen-bond donors (Lipinski definition) is 1. The molecule has 100 valence electrons. The number of hydrogen-bond acceptors (Lipinski definition) is 2. The van der Waals surface area contributed by atoms with Crippen LogP contribution in [0, 0.1) is 0 Å². The SMILES string of the molecule is O=C(NCCCCC(F)(F)F)c1cccnc1Br. The van der Waals surface area contributed by atoms with Crippen LogP contribution in [0.5, 0.6) is 0 Å². The monoisotopic (exact) mass is 324 g/mol. The van der Waals surface area contributed by atoms with Crippen molar-refractivity contribution in [2.24, 2.45) is 0 Å². The Morgan fingerprint density at radius 2 is 2.11 bits per heavy atom. The molecule has 0 saturated heterocycles. The zero-order chi connectivity index (χ0) is 13.6. The van der Waals surface area contributed by atoms with E-state index in [1.165, 1.54) is 6.20 Å². The molecule has 0 fully saturated rings. The first-order valence-electron chi connectivity index (χ1n) is 5.35. The van der Waals surface area contributed by atoms with Crippen LogP contribution in [-0.4, -0.2) is 23.6 Å². The van der Waals surface area contributed by atoms with Crippen LogP contribution in [0.4, 0.5) is 13.2 Å². The van der Waals surface area contributed by atoms with Gasteiger partial charge >= 0.3 is 6.18 Å². The molecule has 0 aliphatic heterocycles. The van der Waals surface area contributed by atoms with Gasteiger partial charge in [-0.25, -0.2) is 4.98 Å². The Morgan fingerprint density at radius 3 is 2.72 bits per heavy atom. The van der Waals surface area contributed by atoms with Gasteiger partial charge in [0.25, 0.3) is 5.91 Å². The summed E-state index contributed by atoms with van der Waals surface area (Å²) >= 11 is 3.12. The van der Waals surface area contributed by atoms with Crippen LogP contribution in [0.1, 0.15) is 29.6 Å². The van der Waals surface area contributed by atoms with Crippen molar-refractivity contribution in [3.8, 4) is 0 Å².